The molecule has 0 saturated carbocycles. The monoisotopic (exact) mass is 476 g/mol. The number of ether oxygens (including phenoxy) is 1. The van der Waals surface area contributed by atoms with E-state index < -0.39 is 6.04 Å². The number of halogens is 1. The summed E-state index contributed by atoms with van der Waals surface area (Å²) in [6.45, 7) is 6.44. The Morgan fingerprint density at radius 3 is 2.31 bits per heavy atom. The minimum Gasteiger partial charge on any atom is -0.484 e. The third kappa shape index (κ3) is 7.67. The van der Waals surface area contributed by atoms with E-state index in [-0.39, 0.29) is 30.8 Å². The maximum absolute atomic E-state index is 13.5. The van der Waals surface area contributed by atoms with Crippen LogP contribution in [0.25, 0.3) is 0 Å². The highest BCUT2D eigenvalue weighted by molar-refractivity contribution is 5.88. The predicted molar refractivity (Wildman–Crippen MR) is 136 cm³/mol. The number of carbonyl (C=O) groups excluding carboxylic acids is 2. The van der Waals surface area contributed by atoms with E-state index in [0.29, 0.717) is 18.7 Å². The fourth-order valence-electron chi connectivity index (χ4n) is 3.74. The number of benzene rings is 3. The number of amides is 2. The first-order valence-corrected chi connectivity index (χ1v) is 11.9. The lowest BCUT2D eigenvalue weighted by Crippen LogP contribution is -2.51. The molecule has 3 aromatic rings. The first-order valence-electron chi connectivity index (χ1n) is 11.9. The number of hydrogen-bond donors (Lipinski definition) is 1. The molecule has 3 aromatic carbocycles. The van der Waals surface area contributed by atoms with Crippen LogP contribution in [0.15, 0.2) is 72.8 Å². The highest BCUT2D eigenvalue weighted by Crippen LogP contribution is 2.19. The first-order chi connectivity index (χ1) is 16.9. The van der Waals surface area contributed by atoms with E-state index in [1.165, 1.54) is 17.0 Å². The standard InChI is InChI=1S/C29H33FN2O3/c1-4-16-31-29(34)27(18-23-8-6-5-7-9-23)32(19-24-11-13-25(30)14-12-24)28(33)20-35-26-15-10-21(2)22(3)17-26/h5-15,17,27H,4,16,18-20H2,1-3H3,(H,31,34)/t27-/m0/s1. The van der Waals surface area contributed by atoms with Crippen molar-refractivity contribution in [1.82, 2.24) is 10.2 Å². The minimum absolute atomic E-state index is 0.159. The molecule has 0 aliphatic carbocycles. The van der Waals surface area contributed by atoms with Gasteiger partial charge < -0.3 is 15.0 Å². The molecule has 0 fully saturated rings. The molecule has 0 bridgehead atoms. The van der Waals surface area contributed by atoms with Gasteiger partial charge in [-0.1, -0.05) is 55.5 Å². The molecule has 0 radical (unpaired) electrons. The number of nitrogens with zero attached hydrogens (tertiary/aromatic N) is 1. The molecule has 3 rings (SSSR count). The Bertz CT molecular complexity index is 1120. The van der Waals surface area contributed by atoms with Crippen LogP contribution >= 0.6 is 0 Å². The lowest BCUT2D eigenvalue weighted by atomic mass is 10.0. The summed E-state index contributed by atoms with van der Waals surface area (Å²) >= 11 is 0. The fraction of sp³-hybridized carbons (Fsp3) is 0.310. The molecule has 0 spiro atoms. The van der Waals surface area contributed by atoms with Gasteiger partial charge in [-0.2, -0.15) is 0 Å². The van der Waals surface area contributed by atoms with Crippen LogP contribution < -0.4 is 10.1 Å². The highest BCUT2D eigenvalue weighted by atomic mass is 19.1. The normalized spacial score (nSPS) is 11.5. The summed E-state index contributed by atoms with van der Waals surface area (Å²) in [6.07, 6.45) is 1.14. The van der Waals surface area contributed by atoms with Crippen LogP contribution in [-0.4, -0.2) is 35.9 Å². The number of aryl methyl sites for hydroxylation is 2. The largest absolute Gasteiger partial charge is 0.484 e. The summed E-state index contributed by atoms with van der Waals surface area (Å²) in [5, 5.41) is 2.94. The fourth-order valence-corrected chi connectivity index (χ4v) is 3.74. The average molecular weight is 477 g/mol. The molecule has 0 unspecified atom stereocenters. The van der Waals surface area contributed by atoms with Crippen LogP contribution in [0.3, 0.4) is 0 Å². The molecule has 35 heavy (non-hydrogen) atoms. The molecule has 0 heterocycles. The Morgan fingerprint density at radius 1 is 0.943 bits per heavy atom. The first kappa shape index (κ1) is 25.9. The van der Waals surface area contributed by atoms with Crippen LogP contribution in [0.5, 0.6) is 5.75 Å². The zero-order valence-electron chi connectivity index (χ0n) is 20.6. The van der Waals surface area contributed by atoms with Crippen molar-refractivity contribution in [2.75, 3.05) is 13.2 Å². The van der Waals surface area contributed by atoms with Crippen molar-refractivity contribution >= 4 is 11.8 Å². The maximum atomic E-state index is 13.5. The van der Waals surface area contributed by atoms with Crippen LogP contribution in [-0.2, 0) is 22.6 Å². The van der Waals surface area contributed by atoms with Gasteiger partial charge in [0.25, 0.3) is 5.91 Å². The molecule has 0 aliphatic rings. The smallest absolute Gasteiger partial charge is 0.261 e. The van der Waals surface area contributed by atoms with Crippen molar-refractivity contribution in [3.63, 3.8) is 0 Å². The predicted octanol–water partition coefficient (Wildman–Crippen LogP) is 4.99. The van der Waals surface area contributed by atoms with Gasteiger partial charge in [0.2, 0.25) is 5.91 Å². The summed E-state index contributed by atoms with van der Waals surface area (Å²) in [7, 11) is 0. The second kappa shape index (κ2) is 12.7. The van der Waals surface area contributed by atoms with Gasteiger partial charge in [-0.05, 0) is 66.8 Å². The highest BCUT2D eigenvalue weighted by Gasteiger charge is 2.30. The second-order valence-corrected chi connectivity index (χ2v) is 8.68. The quantitative estimate of drug-likeness (QED) is 0.424. The Kier molecular flexibility index (Phi) is 9.41. The topological polar surface area (TPSA) is 58.6 Å². The lowest BCUT2D eigenvalue weighted by Gasteiger charge is -2.31. The van der Waals surface area contributed by atoms with Crippen LogP contribution in [0.1, 0.15) is 35.6 Å². The molecule has 0 aromatic heterocycles. The van der Waals surface area contributed by atoms with Gasteiger partial charge in [-0.15, -0.1) is 0 Å². The zero-order chi connectivity index (χ0) is 25.2. The van der Waals surface area contributed by atoms with Crippen LogP contribution in [0, 0.1) is 19.7 Å². The molecule has 184 valence electrons. The SMILES string of the molecule is CCCNC(=O)[C@H](Cc1ccccc1)N(Cc1ccc(F)cc1)C(=O)COc1ccc(C)c(C)c1. The van der Waals surface area contributed by atoms with Crippen molar-refractivity contribution in [2.24, 2.45) is 0 Å². The van der Waals surface area contributed by atoms with E-state index in [9.17, 15) is 14.0 Å². The number of rotatable bonds is 11. The van der Waals surface area contributed by atoms with Gasteiger partial charge in [-0.3, -0.25) is 9.59 Å². The van der Waals surface area contributed by atoms with Crippen LogP contribution in [0.2, 0.25) is 0 Å². The van der Waals surface area contributed by atoms with Crippen molar-refractivity contribution in [3.05, 3.63) is 101 Å². The third-order valence-corrected chi connectivity index (χ3v) is 5.93. The van der Waals surface area contributed by atoms with Gasteiger partial charge in [0, 0.05) is 19.5 Å². The Balaban J connectivity index is 1.88. The van der Waals surface area contributed by atoms with Crippen molar-refractivity contribution < 1.29 is 18.7 Å². The maximum Gasteiger partial charge on any atom is 0.261 e. The van der Waals surface area contributed by atoms with Crippen LogP contribution in [0.4, 0.5) is 4.39 Å². The number of hydrogen-bond acceptors (Lipinski definition) is 3. The molecule has 0 saturated heterocycles. The average Bonchev–Trinajstić information content (AvgIpc) is 2.87. The third-order valence-electron chi connectivity index (χ3n) is 5.93. The van der Waals surface area contributed by atoms with Gasteiger partial charge in [0.1, 0.15) is 17.6 Å². The van der Waals surface area contributed by atoms with E-state index in [4.69, 9.17) is 4.74 Å². The van der Waals surface area contributed by atoms with E-state index in [1.807, 2.05) is 69.3 Å². The van der Waals surface area contributed by atoms with E-state index in [1.54, 1.807) is 12.1 Å². The zero-order valence-corrected chi connectivity index (χ0v) is 20.6. The Labute approximate surface area is 206 Å². The molecule has 2 amide bonds. The Morgan fingerprint density at radius 2 is 1.66 bits per heavy atom. The molecule has 1 atom stereocenters. The Hall–Kier alpha value is -3.67. The molecular formula is C29H33FN2O3. The summed E-state index contributed by atoms with van der Waals surface area (Å²) in [5.74, 6) is -0.304. The van der Waals surface area contributed by atoms with Crippen molar-refractivity contribution in [3.8, 4) is 5.75 Å². The lowest BCUT2D eigenvalue weighted by molar-refractivity contribution is -0.142. The van der Waals surface area contributed by atoms with Crippen molar-refractivity contribution in [2.45, 2.75) is 46.2 Å². The molecule has 0 aliphatic heterocycles. The summed E-state index contributed by atoms with van der Waals surface area (Å²) in [6, 6.07) is 20.5. The van der Waals surface area contributed by atoms with Gasteiger partial charge in [0.15, 0.2) is 6.61 Å². The summed E-state index contributed by atoms with van der Waals surface area (Å²) < 4.78 is 19.3. The van der Waals surface area contributed by atoms with Gasteiger partial charge in [0.05, 0.1) is 0 Å². The number of nitrogens with one attached hydrogen (secondary N) is 1. The van der Waals surface area contributed by atoms with Crippen molar-refractivity contribution in [1.29, 1.82) is 0 Å². The number of carbonyl (C=O) groups is 2. The molecule has 5 nitrogen and oxygen atoms in total. The summed E-state index contributed by atoms with van der Waals surface area (Å²) in [4.78, 5) is 28.3. The van der Waals surface area contributed by atoms with Gasteiger partial charge >= 0.3 is 0 Å². The molecule has 1 N–H and O–H groups in total. The second-order valence-electron chi connectivity index (χ2n) is 8.68. The van der Waals surface area contributed by atoms with E-state index >= 15 is 0 Å². The minimum atomic E-state index is -0.746. The van der Waals surface area contributed by atoms with E-state index in [0.717, 1.165) is 28.7 Å². The summed E-state index contributed by atoms with van der Waals surface area (Å²) in [5.41, 5.74) is 3.87. The molecule has 6 heteroatoms. The van der Waals surface area contributed by atoms with E-state index in [2.05, 4.69) is 5.32 Å². The van der Waals surface area contributed by atoms with Gasteiger partial charge in [-0.25, -0.2) is 4.39 Å². The molecular weight excluding hydrogens is 443 g/mol.